The second kappa shape index (κ2) is 6.63. The molecule has 134 valence electrons. The summed E-state index contributed by atoms with van der Waals surface area (Å²) in [6.45, 7) is 5.72. The summed E-state index contributed by atoms with van der Waals surface area (Å²) in [6.07, 6.45) is 3.65. The molecule has 0 radical (unpaired) electrons. The number of hydrogen-bond donors (Lipinski definition) is 0. The first kappa shape index (κ1) is 17.7. The number of aromatic nitrogens is 4. The lowest BCUT2D eigenvalue weighted by Crippen LogP contribution is -2.38. The molecule has 2 aromatic rings. The first-order chi connectivity index (χ1) is 11.7. The second-order valence-electron chi connectivity index (χ2n) is 7.16. The Labute approximate surface area is 150 Å². The minimum atomic E-state index is -0.618. The largest absolute Gasteiger partial charge is 0.458 e. The van der Waals surface area contributed by atoms with Gasteiger partial charge < -0.3 is 4.74 Å². The van der Waals surface area contributed by atoms with Crippen molar-refractivity contribution in [1.29, 1.82) is 0 Å². The van der Waals surface area contributed by atoms with Crippen molar-refractivity contribution >= 4 is 17.6 Å². The molecule has 0 bridgehead atoms. The number of fused-ring (bicyclic) bond motifs is 1. The van der Waals surface area contributed by atoms with Gasteiger partial charge in [-0.15, -0.1) is 0 Å². The number of halogens is 1. The normalized spacial score (nSPS) is 17.2. The number of carbonyl (C=O) groups excluding carboxylic acids is 1. The molecule has 0 saturated carbocycles. The predicted octanol–water partition coefficient (Wildman–Crippen LogP) is 2.36. The number of hydrogen-bond acceptors (Lipinski definition) is 5. The van der Waals surface area contributed by atoms with Crippen LogP contribution in [0.5, 0.6) is 0 Å². The third-order valence-electron chi connectivity index (χ3n) is 3.93. The number of carbonyl (C=O) groups is 1. The molecule has 0 aromatic carbocycles. The lowest BCUT2D eigenvalue weighted by molar-refractivity contribution is -0.159. The van der Waals surface area contributed by atoms with E-state index >= 15 is 0 Å². The van der Waals surface area contributed by atoms with Crippen molar-refractivity contribution in [3.05, 3.63) is 45.4 Å². The Balaban J connectivity index is 1.89. The third-order valence-corrected chi connectivity index (χ3v) is 4.15. The highest BCUT2D eigenvalue weighted by atomic mass is 35.5. The lowest BCUT2D eigenvalue weighted by atomic mass is 10.0. The van der Waals surface area contributed by atoms with Crippen molar-refractivity contribution in [3.63, 3.8) is 0 Å². The van der Waals surface area contributed by atoms with Crippen molar-refractivity contribution < 1.29 is 9.53 Å². The molecule has 0 amide bonds. The van der Waals surface area contributed by atoms with Crippen LogP contribution in [0.1, 0.15) is 51.0 Å². The fourth-order valence-corrected chi connectivity index (χ4v) is 3.01. The number of esters is 1. The van der Waals surface area contributed by atoms with Gasteiger partial charge in [0, 0.05) is 12.6 Å². The maximum absolute atomic E-state index is 12.8. The molecular weight excluding hydrogens is 344 g/mol. The van der Waals surface area contributed by atoms with E-state index in [2.05, 4.69) is 10.1 Å². The molecule has 0 saturated heterocycles. The van der Waals surface area contributed by atoms with Gasteiger partial charge >= 0.3 is 11.7 Å². The highest BCUT2D eigenvalue weighted by Gasteiger charge is 2.33. The van der Waals surface area contributed by atoms with E-state index in [4.69, 9.17) is 16.3 Å². The topological polar surface area (TPSA) is 79.0 Å². The smallest absolute Gasteiger partial charge is 0.347 e. The van der Waals surface area contributed by atoms with Gasteiger partial charge in [-0.3, -0.25) is 4.57 Å². The maximum atomic E-state index is 12.8. The quantitative estimate of drug-likeness (QED) is 0.617. The maximum Gasteiger partial charge on any atom is 0.347 e. The summed E-state index contributed by atoms with van der Waals surface area (Å²) in [5.74, 6) is 0.234. The van der Waals surface area contributed by atoms with Gasteiger partial charge in [0.15, 0.2) is 0 Å². The van der Waals surface area contributed by atoms with E-state index < -0.39 is 11.6 Å². The summed E-state index contributed by atoms with van der Waals surface area (Å²) < 4.78 is 8.31. The zero-order valence-corrected chi connectivity index (χ0v) is 15.3. The zero-order chi connectivity index (χ0) is 18.2. The van der Waals surface area contributed by atoms with Gasteiger partial charge in [-0.25, -0.2) is 19.3 Å². The van der Waals surface area contributed by atoms with Gasteiger partial charge in [0.25, 0.3) is 0 Å². The minimum absolute atomic E-state index is 0.282. The van der Waals surface area contributed by atoms with E-state index in [0.717, 1.165) is 12.0 Å². The van der Waals surface area contributed by atoms with E-state index in [1.165, 1.54) is 9.25 Å². The minimum Gasteiger partial charge on any atom is -0.458 e. The van der Waals surface area contributed by atoms with E-state index in [0.29, 0.717) is 23.8 Å². The van der Waals surface area contributed by atoms with Crippen LogP contribution in [0.25, 0.3) is 0 Å². The Morgan fingerprint density at radius 1 is 1.40 bits per heavy atom. The van der Waals surface area contributed by atoms with Crippen LogP contribution in [0.15, 0.2) is 23.1 Å². The van der Waals surface area contributed by atoms with Crippen molar-refractivity contribution in [3.8, 4) is 0 Å². The number of nitrogens with zero attached hydrogens (tertiary/aromatic N) is 4. The predicted molar refractivity (Wildman–Crippen MR) is 92.7 cm³/mol. The molecule has 0 fully saturated rings. The Bertz CT molecular complexity index is 833. The summed E-state index contributed by atoms with van der Waals surface area (Å²) in [4.78, 5) is 29.3. The summed E-state index contributed by atoms with van der Waals surface area (Å²) in [5.41, 5.74) is -0.0835. The number of rotatable bonds is 3. The van der Waals surface area contributed by atoms with Crippen LogP contribution < -0.4 is 5.69 Å². The third kappa shape index (κ3) is 3.92. The second-order valence-corrected chi connectivity index (χ2v) is 7.54. The van der Waals surface area contributed by atoms with Crippen LogP contribution in [0.2, 0.25) is 5.15 Å². The molecule has 1 aliphatic rings. The Kier molecular flexibility index (Phi) is 4.69. The molecule has 0 aliphatic carbocycles. The Hall–Kier alpha value is -2.15. The molecule has 3 rings (SSSR count). The molecule has 2 aromatic heterocycles. The first-order valence-corrected chi connectivity index (χ1v) is 8.64. The molecule has 0 N–H and O–H groups in total. The SMILES string of the molecule is CC(C)(C)OC(=O)[C@@H]1CCCc2nn(Cc3ccc(Cl)nc3)c(=O)n21. The molecular formula is C17H21ClN4O3. The van der Waals surface area contributed by atoms with Gasteiger partial charge in [0.05, 0.1) is 6.54 Å². The fourth-order valence-electron chi connectivity index (χ4n) is 2.90. The highest BCUT2D eigenvalue weighted by Crippen LogP contribution is 2.25. The number of aryl methyl sites for hydroxylation is 1. The molecule has 1 aliphatic heterocycles. The lowest BCUT2D eigenvalue weighted by Gasteiger charge is -2.26. The van der Waals surface area contributed by atoms with Gasteiger partial charge in [-0.1, -0.05) is 17.7 Å². The van der Waals surface area contributed by atoms with Crippen LogP contribution in [-0.4, -0.2) is 30.9 Å². The first-order valence-electron chi connectivity index (χ1n) is 8.26. The molecule has 0 spiro atoms. The van der Waals surface area contributed by atoms with Gasteiger partial charge in [-0.05, 0) is 45.2 Å². The molecule has 25 heavy (non-hydrogen) atoms. The average Bonchev–Trinajstić information content (AvgIpc) is 2.84. The highest BCUT2D eigenvalue weighted by molar-refractivity contribution is 6.29. The van der Waals surface area contributed by atoms with Crippen molar-refractivity contribution in [2.75, 3.05) is 0 Å². The van der Waals surface area contributed by atoms with E-state index in [1.54, 1.807) is 18.3 Å². The fraction of sp³-hybridized carbons (Fsp3) is 0.529. The Morgan fingerprint density at radius 3 is 2.80 bits per heavy atom. The molecule has 8 heteroatoms. The van der Waals surface area contributed by atoms with Crippen molar-refractivity contribution in [1.82, 2.24) is 19.3 Å². The van der Waals surface area contributed by atoms with Gasteiger partial charge in [0.2, 0.25) is 0 Å². The van der Waals surface area contributed by atoms with Gasteiger partial charge in [0.1, 0.15) is 22.6 Å². The number of pyridine rings is 1. The van der Waals surface area contributed by atoms with E-state index in [9.17, 15) is 9.59 Å². The van der Waals surface area contributed by atoms with Crippen LogP contribution in [0.4, 0.5) is 0 Å². The van der Waals surface area contributed by atoms with Crippen LogP contribution in [-0.2, 0) is 22.5 Å². The van der Waals surface area contributed by atoms with Gasteiger partial charge in [-0.2, -0.15) is 5.10 Å². The van der Waals surface area contributed by atoms with Crippen LogP contribution in [0.3, 0.4) is 0 Å². The monoisotopic (exact) mass is 364 g/mol. The van der Waals surface area contributed by atoms with Crippen LogP contribution >= 0.6 is 11.6 Å². The van der Waals surface area contributed by atoms with Crippen LogP contribution in [0, 0.1) is 0 Å². The summed E-state index contributed by atoms with van der Waals surface area (Å²) in [6, 6.07) is 2.85. The van der Waals surface area contributed by atoms with E-state index in [1.807, 2.05) is 20.8 Å². The Morgan fingerprint density at radius 2 is 2.16 bits per heavy atom. The summed E-state index contributed by atoms with van der Waals surface area (Å²) in [5, 5.41) is 4.79. The summed E-state index contributed by atoms with van der Waals surface area (Å²) >= 11 is 5.78. The van der Waals surface area contributed by atoms with Crippen molar-refractivity contribution in [2.24, 2.45) is 0 Å². The molecule has 3 heterocycles. The zero-order valence-electron chi connectivity index (χ0n) is 14.5. The molecule has 7 nitrogen and oxygen atoms in total. The summed E-state index contributed by atoms with van der Waals surface area (Å²) in [7, 11) is 0. The average molecular weight is 365 g/mol. The van der Waals surface area contributed by atoms with Crippen molar-refractivity contribution in [2.45, 2.75) is 58.2 Å². The standard InChI is InChI=1S/C17H21ClN4O3/c1-17(2,3)25-15(23)12-5-4-6-14-20-21(16(24)22(12)14)10-11-7-8-13(18)19-9-11/h7-9,12H,4-6,10H2,1-3H3/t12-/m0/s1. The molecule has 0 unspecified atom stereocenters. The molecule has 1 atom stereocenters. The van der Waals surface area contributed by atoms with E-state index in [-0.39, 0.29) is 18.2 Å². The number of ether oxygens (including phenoxy) is 1.